The van der Waals surface area contributed by atoms with E-state index in [-0.39, 0.29) is 5.75 Å². The number of phosphoric acid groups is 1. The molecule has 0 radical (unpaired) electrons. The van der Waals surface area contributed by atoms with Crippen LogP contribution in [0, 0.1) is 5.92 Å². The number of phosphoric ester groups is 1. The minimum atomic E-state index is -4.46. The first-order valence-electron chi connectivity index (χ1n) is 8.78. The van der Waals surface area contributed by atoms with Crippen LogP contribution < -0.4 is 4.52 Å². The Hall–Kier alpha value is -2.39. The Kier molecular flexibility index (Phi) is 7.81. The van der Waals surface area contributed by atoms with E-state index in [1.54, 1.807) is 12.1 Å². The van der Waals surface area contributed by atoms with Crippen LogP contribution in [0.3, 0.4) is 0 Å². The summed E-state index contributed by atoms with van der Waals surface area (Å²) in [6.45, 7) is 4.07. The van der Waals surface area contributed by atoms with Gasteiger partial charge in [0.25, 0.3) is 0 Å². The Balaban J connectivity index is 0.000000198. The van der Waals surface area contributed by atoms with Crippen molar-refractivity contribution in [3.8, 4) is 16.9 Å². The molecule has 0 aliphatic rings. The second kappa shape index (κ2) is 10.1. The molecule has 0 unspecified atom stereocenters. The Bertz CT molecular complexity index is 820. The quantitative estimate of drug-likeness (QED) is 0.553. The van der Waals surface area contributed by atoms with Crippen molar-refractivity contribution in [2.45, 2.75) is 20.3 Å². The van der Waals surface area contributed by atoms with Crippen LogP contribution in [0.15, 0.2) is 84.9 Å². The third-order valence-corrected chi connectivity index (χ3v) is 4.13. The van der Waals surface area contributed by atoms with Crippen molar-refractivity contribution >= 4 is 7.82 Å². The van der Waals surface area contributed by atoms with Crippen molar-refractivity contribution in [1.29, 1.82) is 0 Å². The third-order valence-electron chi connectivity index (χ3n) is 3.70. The van der Waals surface area contributed by atoms with E-state index in [1.165, 1.54) is 11.1 Å². The molecule has 142 valence electrons. The Morgan fingerprint density at radius 1 is 0.778 bits per heavy atom. The van der Waals surface area contributed by atoms with Gasteiger partial charge in [0.2, 0.25) is 0 Å². The second-order valence-corrected chi connectivity index (χ2v) is 7.68. The lowest BCUT2D eigenvalue weighted by Crippen LogP contribution is -1.99. The molecule has 0 aliphatic heterocycles. The summed E-state index contributed by atoms with van der Waals surface area (Å²) in [4.78, 5) is 17.4. The van der Waals surface area contributed by atoms with E-state index in [4.69, 9.17) is 9.79 Å². The molecule has 3 rings (SSSR count). The van der Waals surface area contributed by atoms with E-state index < -0.39 is 7.82 Å². The number of rotatable bonds is 5. The standard InChI is InChI=1S/C12H10.C10H15O4P/c1-3-7-11(8-4-1)12-9-5-2-6-10-12;1-8(2)7-9-5-3-4-6-10(9)14-15(11,12)13/h1-10H;3-6,8H,7H2,1-2H3,(H2,11,12,13). The zero-order valence-electron chi connectivity index (χ0n) is 15.5. The van der Waals surface area contributed by atoms with Crippen LogP contribution in [0.4, 0.5) is 0 Å². The van der Waals surface area contributed by atoms with Gasteiger partial charge < -0.3 is 4.52 Å². The maximum Gasteiger partial charge on any atom is 0.524 e. The van der Waals surface area contributed by atoms with Gasteiger partial charge in [0.15, 0.2) is 0 Å². The number of hydrogen-bond acceptors (Lipinski definition) is 2. The molecule has 0 saturated heterocycles. The van der Waals surface area contributed by atoms with Gasteiger partial charge >= 0.3 is 7.82 Å². The minimum Gasteiger partial charge on any atom is -0.404 e. The van der Waals surface area contributed by atoms with Crippen molar-refractivity contribution in [2.24, 2.45) is 5.92 Å². The van der Waals surface area contributed by atoms with Crippen LogP contribution in [0.2, 0.25) is 0 Å². The number of para-hydroxylation sites is 1. The minimum absolute atomic E-state index is 0.263. The normalized spacial score (nSPS) is 10.9. The fourth-order valence-corrected chi connectivity index (χ4v) is 3.03. The lowest BCUT2D eigenvalue weighted by molar-refractivity contribution is 0.282. The summed E-state index contributed by atoms with van der Waals surface area (Å²) in [6, 6.07) is 27.7. The fourth-order valence-electron chi connectivity index (χ4n) is 2.59. The average Bonchev–Trinajstić information content (AvgIpc) is 2.64. The van der Waals surface area contributed by atoms with Crippen molar-refractivity contribution < 1.29 is 18.9 Å². The van der Waals surface area contributed by atoms with Crippen molar-refractivity contribution in [2.75, 3.05) is 0 Å². The van der Waals surface area contributed by atoms with Gasteiger partial charge in [-0.15, -0.1) is 0 Å². The first-order chi connectivity index (χ1) is 12.8. The van der Waals surface area contributed by atoms with Crippen molar-refractivity contribution in [3.63, 3.8) is 0 Å². The molecule has 0 bridgehead atoms. The predicted molar refractivity (Wildman–Crippen MR) is 110 cm³/mol. The molecule has 2 N–H and O–H groups in total. The van der Waals surface area contributed by atoms with Gasteiger partial charge in [0.1, 0.15) is 5.75 Å². The molecule has 0 spiro atoms. The summed E-state index contributed by atoms with van der Waals surface area (Å²) in [7, 11) is -4.46. The van der Waals surface area contributed by atoms with E-state index in [0.29, 0.717) is 5.92 Å². The average molecular weight is 384 g/mol. The molecule has 0 aliphatic carbocycles. The largest absolute Gasteiger partial charge is 0.524 e. The molecule has 27 heavy (non-hydrogen) atoms. The lowest BCUT2D eigenvalue weighted by Gasteiger charge is -2.12. The summed E-state index contributed by atoms with van der Waals surface area (Å²) in [6.07, 6.45) is 0.732. The summed E-state index contributed by atoms with van der Waals surface area (Å²) >= 11 is 0. The van der Waals surface area contributed by atoms with Gasteiger partial charge in [0, 0.05) is 0 Å². The highest BCUT2D eigenvalue weighted by Crippen LogP contribution is 2.39. The zero-order chi connectivity index (χ0) is 19.7. The third kappa shape index (κ3) is 7.79. The molecule has 0 fully saturated rings. The molecule has 4 nitrogen and oxygen atoms in total. The van der Waals surface area contributed by atoms with Gasteiger partial charge in [-0.25, -0.2) is 4.57 Å². The fraction of sp³-hybridized carbons (Fsp3) is 0.182. The van der Waals surface area contributed by atoms with Crippen molar-refractivity contribution in [1.82, 2.24) is 0 Å². The van der Waals surface area contributed by atoms with Crippen LogP contribution in [0.5, 0.6) is 5.75 Å². The Morgan fingerprint density at radius 2 is 1.22 bits per heavy atom. The highest BCUT2D eigenvalue weighted by atomic mass is 31.2. The zero-order valence-corrected chi connectivity index (χ0v) is 16.4. The molecule has 3 aromatic carbocycles. The van der Waals surface area contributed by atoms with E-state index in [9.17, 15) is 4.57 Å². The number of hydrogen-bond donors (Lipinski definition) is 2. The molecular formula is C22H25O4P. The molecule has 0 atom stereocenters. The molecule has 0 saturated carbocycles. The number of benzene rings is 3. The van der Waals surface area contributed by atoms with Crippen LogP contribution >= 0.6 is 7.82 Å². The highest BCUT2D eigenvalue weighted by Gasteiger charge is 2.18. The SMILES string of the molecule is CC(C)Cc1ccccc1OP(=O)(O)O.c1ccc(-c2ccccc2)cc1. The van der Waals surface area contributed by atoms with Crippen LogP contribution in [0.1, 0.15) is 19.4 Å². The Labute approximate surface area is 160 Å². The summed E-state index contributed by atoms with van der Waals surface area (Å²) < 4.78 is 15.3. The molecular weight excluding hydrogens is 359 g/mol. The highest BCUT2D eigenvalue weighted by molar-refractivity contribution is 7.46. The first kappa shape index (κ1) is 20.9. The molecule has 5 heteroatoms. The lowest BCUT2D eigenvalue weighted by atomic mass is 10.0. The molecule has 0 heterocycles. The maximum atomic E-state index is 10.7. The Morgan fingerprint density at radius 3 is 1.67 bits per heavy atom. The first-order valence-corrected chi connectivity index (χ1v) is 10.3. The van der Waals surface area contributed by atoms with E-state index in [1.807, 2.05) is 38.1 Å². The maximum absolute atomic E-state index is 10.7. The van der Waals surface area contributed by atoms with Crippen LogP contribution in [0.25, 0.3) is 11.1 Å². The predicted octanol–water partition coefficient (Wildman–Crippen LogP) is 5.71. The van der Waals surface area contributed by atoms with Crippen molar-refractivity contribution in [3.05, 3.63) is 90.5 Å². The van der Waals surface area contributed by atoms with Gasteiger partial charge in [0.05, 0.1) is 0 Å². The van der Waals surface area contributed by atoms with Gasteiger partial charge in [-0.3, -0.25) is 9.79 Å². The topological polar surface area (TPSA) is 66.8 Å². The molecule has 0 amide bonds. The van der Waals surface area contributed by atoms with Gasteiger partial charge in [-0.2, -0.15) is 0 Å². The van der Waals surface area contributed by atoms with Crippen LogP contribution in [-0.2, 0) is 11.0 Å². The van der Waals surface area contributed by atoms with Gasteiger partial charge in [-0.1, -0.05) is 92.7 Å². The van der Waals surface area contributed by atoms with E-state index >= 15 is 0 Å². The molecule has 3 aromatic rings. The molecule has 0 aromatic heterocycles. The van der Waals surface area contributed by atoms with E-state index in [0.717, 1.165) is 12.0 Å². The monoisotopic (exact) mass is 384 g/mol. The second-order valence-electron chi connectivity index (χ2n) is 6.52. The summed E-state index contributed by atoms with van der Waals surface area (Å²) in [5, 5.41) is 0. The smallest absolute Gasteiger partial charge is 0.404 e. The summed E-state index contributed by atoms with van der Waals surface area (Å²) in [5.74, 6) is 0.672. The van der Waals surface area contributed by atoms with Crippen LogP contribution in [-0.4, -0.2) is 9.79 Å². The van der Waals surface area contributed by atoms with E-state index in [2.05, 4.69) is 53.1 Å². The summed E-state index contributed by atoms with van der Waals surface area (Å²) in [5.41, 5.74) is 3.37. The van der Waals surface area contributed by atoms with Gasteiger partial charge in [-0.05, 0) is 35.1 Å².